The maximum absolute atomic E-state index is 9.14. The highest BCUT2D eigenvalue weighted by atomic mass is 16.3. The molecule has 0 saturated heterocycles. The number of rotatable bonds is 9. The van der Waals surface area contributed by atoms with Crippen LogP contribution in [0, 0.1) is 0 Å². The van der Waals surface area contributed by atoms with Gasteiger partial charge in [0.1, 0.15) is 0 Å². The molecule has 0 spiro atoms. The van der Waals surface area contributed by atoms with Crippen LogP contribution in [0.2, 0.25) is 0 Å². The molecule has 1 saturated carbocycles. The first-order chi connectivity index (χ1) is 6.86. The van der Waals surface area contributed by atoms with Crippen LogP contribution in [0.1, 0.15) is 58.3 Å². The molecule has 0 amide bonds. The van der Waals surface area contributed by atoms with E-state index < -0.39 is 0 Å². The minimum atomic E-state index is 0.310. The van der Waals surface area contributed by atoms with Crippen LogP contribution in [0.25, 0.3) is 0 Å². The molecule has 0 aliphatic heterocycles. The third-order valence-electron chi connectivity index (χ3n) is 2.93. The average molecular weight is 199 g/mol. The first kappa shape index (κ1) is 12.0. The number of hydrogen-bond acceptors (Lipinski definition) is 2. The predicted molar refractivity (Wildman–Crippen MR) is 60.4 cm³/mol. The van der Waals surface area contributed by atoms with Crippen LogP contribution in [0.4, 0.5) is 0 Å². The van der Waals surface area contributed by atoms with Crippen molar-refractivity contribution in [3.8, 4) is 0 Å². The van der Waals surface area contributed by atoms with Crippen LogP contribution in [0.15, 0.2) is 0 Å². The van der Waals surface area contributed by atoms with E-state index in [4.69, 9.17) is 5.11 Å². The maximum Gasteiger partial charge on any atom is 0.0584 e. The molecule has 0 bridgehead atoms. The Hall–Kier alpha value is -0.0800. The first-order valence-corrected chi connectivity index (χ1v) is 6.23. The fourth-order valence-electron chi connectivity index (χ4n) is 1.80. The van der Waals surface area contributed by atoms with Crippen molar-refractivity contribution in [2.45, 2.75) is 70.4 Å². The molecule has 0 aromatic carbocycles. The summed E-state index contributed by atoms with van der Waals surface area (Å²) < 4.78 is 0. The summed E-state index contributed by atoms with van der Waals surface area (Å²) in [6.07, 6.45) is 10.4. The molecule has 0 aromatic rings. The minimum absolute atomic E-state index is 0.310. The van der Waals surface area contributed by atoms with Crippen molar-refractivity contribution in [1.29, 1.82) is 0 Å². The summed E-state index contributed by atoms with van der Waals surface area (Å²) in [6.45, 7) is 2.55. The second-order valence-electron chi connectivity index (χ2n) is 4.52. The molecule has 84 valence electrons. The molecule has 2 N–H and O–H groups in total. The Balaban J connectivity index is 1.90. The largest absolute Gasteiger partial charge is 0.395 e. The van der Waals surface area contributed by atoms with Crippen LogP contribution in [0.5, 0.6) is 0 Å². The molecule has 0 radical (unpaired) electrons. The van der Waals surface area contributed by atoms with E-state index in [1.807, 2.05) is 0 Å². The maximum atomic E-state index is 9.14. The zero-order chi connectivity index (χ0) is 10.2. The summed E-state index contributed by atoms with van der Waals surface area (Å²) in [7, 11) is 0. The van der Waals surface area contributed by atoms with Crippen molar-refractivity contribution in [3.05, 3.63) is 0 Å². The second kappa shape index (κ2) is 7.24. The summed E-state index contributed by atoms with van der Waals surface area (Å²) in [6, 6.07) is 1.09. The van der Waals surface area contributed by atoms with Crippen molar-refractivity contribution in [3.63, 3.8) is 0 Å². The van der Waals surface area contributed by atoms with E-state index in [0.29, 0.717) is 12.6 Å². The number of aliphatic hydroxyl groups is 1. The molecule has 1 rings (SSSR count). The predicted octanol–water partition coefficient (Wildman–Crippen LogP) is 2.46. The van der Waals surface area contributed by atoms with Crippen molar-refractivity contribution in [1.82, 2.24) is 5.32 Å². The van der Waals surface area contributed by atoms with Gasteiger partial charge in [-0.1, -0.05) is 39.0 Å². The van der Waals surface area contributed by atoms with E-state index in [2.05, 4.69) is 12.2 Å². The summed E-state index contributed by atoms with van der Waals surface area (Å²) in [5.41, 5.74) is 0. The van der Waals surface area contributed by atoms with Gasteiger partial charge in [-0.05, 0) is 19.3 Å². The molecule has 1 aliphatic carbocycles. The second-order valence-corrected chi connectivity index (χ2v) is 4.52. The van der Waals surface area contributed by atoms with Crippen molar-refractivity contribution in [2.24, 2.45) is 0 Å². The highest BCUT2D eigenvalue weighted by Crippen LogP contribution is 2.20. The van der Waals surface area contributed by atoms with Crippen LogP contribution < -0.4 is 5.32 Å². The summed E-state index contributed by atoms with van der Waals surface area (Å²) in [5, 5.41) is 12.6. The summed E-state index contributed by atoms with van der Waals surface area (Å²) in [4.78, 5) is 0. The summed E-state index contributed by atoms with van der Waals surface area (Å²) >= 11 is 0. The highest BCUT2D eigenvalue weighted by molar-refractivity contribution is 4.84. The van der Waals surface area contributed by atoms with Crippen LogP contribution in [-0.2, 0) is 0 Å². The minimum Gasteiger partial charge on any atom is -0.395 e. The molecule has 2 heteroatoms. The fourth-order valence-corrected chi connectivity index (χ4v) is 1.80. The van der Waals surface area contributed by atoms with Crippen LogP contribution in [-0.4, -0.2) is 23.8 Å². The quantitative estimate of drug-likeness (QED) is 0.559. The van der Waals surface area contributed by atoms with Gasteiger partial charge in [0.25, 0.3) is 0 Å². The zero-order valence-electron chi connectivity index (χ0n) is 9.47. The molecule has 14 heavy (non-hydrogen) atoms. The standard InChI is InChI=1S/C12H25NO/c1-2-3-4-5-6-7-12(10-14)13-11-8-9-11/h11-14H,2-10H2,1H3. The van der Waals surface area contributed by atoms with Gasteiger partial charge in [-0.3, -0.25) is 0 Å². The molecule has 1 atom stereocenters. The lowest BCUT2D eigenvalue weighted by Gasteiger charge is -2.15. The zero-order valence-corrected chi connectivity index (χ0v) is 9.47. The van der Waals surface area contributed by atoms with E-state index in [9.17, 15) is 0 Å². The molecule has 2 nitrogen and oxygen atoms in total. The smallest absolute Gasteiger partial charge is 0.0584 e. The third-order valence-corrected chi connectivity index (χ3v) is 2.93. The Morgan fingerprint density at radius 3 is 2.50 bits per heavy atom. The Kier molecular flexibility index (Phi) is 6.20. The molecule has 1 unspecified atom stereocenters. The van der Waals surface area contributed by atoms with Gasteiger partial charge >= 0.3 is 0 Å². The topological polar surface area (TPSA) is 32.3 Å². The molecular formula is C12H25NO. The Morgan fingerprint density at radius 1 is 1.21 bits per heavy atom. The van der Waals surface area contributed by atoms with Crippen molar-refractivity contribution < 1.29 is 5.11 Å². The lowest BCUT2D eigenvalue weighted by molar-refractivity contribution is 0.231. The number of aliphatic hydroxyl groups excluding tert-OH is 1. The Morgan fingerprint density at radius 2 is 1.93 bits per heavy atom. The van der Waals surface area contributed by atoms with Crippen molar-refractivity contribution in [2.75, 3.05) is 6.61 Å². The molecule has 1 aliphatic rings. The van der Waals surface area contributed by atoms with Crippen molar-refractivity contribution >= 4 is 0 Å². The van der Waals surface area contributed by atoms with Gasteiger partial charge in [0.2, 0.25) is 0 Å². The monoisotopic (exact) mass is 199 g/mol. The first-order valence-electron chi connectivity index (χ1n) is 6.23. The van der Waals surface area contributed by atoms with Gasteiger partial charge in [-0.2, -0.15) is 0 Å². The lowest BCUT2D eigenvalue weighted by Crippen LogP contribution is -2.34. The van der Waals surface area contributed by atoms with E-state index in [0.717, 1.165) is 12.5 Å². The normalized spacial score (nSPS) is 18.4. The SMILES string of the molecule is CCCCCCCC(CO)NC1CC1. The van der Waals surface area contributed by atoms with Crippen LogP contribution >= 0.6 is 0 Å². The average Bonchev–Trinajstić information content (AvgIpc) is 2.99. The highest BCUT2D eigenvalue weighted by Gasteiger charge is 2.23. The number of hydrogen-bond donors (Lipinski definition) is 2. The molecular weight excluding hydrogens is 174 g/mol. The van der Waals surface area contributed by atoms with E-state index >= 15 is 0 Å². The van der Waals surface area contributed by atoms with Gasteiger partial charge in [0.05, 0.1) is 6.61 Å². The van der Waals surface area contributed by atoms with Gasteiger partial charge in [-0.15, -0.1) is 0 Å². The van der Waals surface area contributed by atoms with E-state index in [1.54, 1.807) is 0 Å². The van der Waals surface area contributed by atoms with Crippen LogP contribution in [0.3, 0.4) is 0 Å². The Labute approximate surface area is 88.1 Å². The Bertz CT molecular complexity index is 134. The van der Waals surface area contributed by atoms with Gasteiger partial charge < -0.3 is 10.4 Å². The summed E-state index contributed by atoms with van der Waals surface area (Å²) in [5.74, 6) is 0. The fraction of sp³-hybridized carbons (Fsp3) is 1.00. The molecule has 0 heterocycles. The number of nitrogens with one attached hydrogen (secondary N) is 1. The van der Waals surface area contributed by atoms with E-state index in [-0.39, 0.29) is 0 Å². The molecule has 0 aromatic heterocycles. The van der Waals surface area contributed by atoms with Gasteiger partial charge in [0.15, 0.2) is 0 Å². The third kappa shape index (κ3) is 5.61. The number of unbranched alkanes of at least 4 members (excludes halogenated alkanes) is 4. The van der Waals surface area contributed by atoms with E-state index in [1.165, 1.54) is 44.9 Å². The lowest BCUT2D eigenvalue weighted by atomic mass is 10.1. The van der Waals surface area contributed by atoms with Gasteiger partial charge in [0, 0.05) is 12.1 Å². The molecule has 1 fully saturated rings. The van der Waals surface area contributed by atoms with Gasteiger partial charge in [-0.25, -0.2) is 0 Å².